The molecule has 1 aliphatic rings. The maximum Gasteiger partial charge on any atom is 0.233 e. The zero-order valence-electron chi connectivity index (χ0n) is 11.9. The predicted molar refractivity (Wildman–Crippen MR) is 79.8 cm³/mol. The van der Waals surface area contributed by atoms with Crippen molar-refractivity contribution in [2.45, 2.75) is 25.3 Å². The van der Waals surface area contributed by atoms with Gasteiger partial charge < -0.3 is 9.64 Å². The van der Waals surface area contributed by atoms with Crippen LogP contribution in [0.4, 0.5) is 0 Å². The van der Waals surface area contributed by atoms with Gasteiger partial charge in [0.25, 0.3) is 0 Å². The number of aromatic amines is 1. The summed E-state index contributed by atoms with van der Waals surface area (Å²) in [6.07, 6.45) is 3.67. The molecule has 1 aromatic heterocycles. The number of H-pyrrole nitrogens is 1. The Balaban J connectivity index is 1.53. The van der Waals surface area contributed by atoms with Gasteiger partial charge in [0.2, 0.25) is 5.88 Å². The van der Waals surface area contributed by atoms with Crippen LogP contribution >= 0.6 is 0 Å². The van der Waals surface area contributed by atoms with Gasteiger partial charge in [-0.2, -0.15) is 0 Å². The summed E-state index contributed by atoms with van der Waals surface area (Å²) in [5, 5.41) is 7.24. The van der Waals surface area contributed by atoms with Crippen LogP contribution in [0, 0.1) is 0 Å². The smallest absolute Gasteiger partial charge is 0.233 e. The molecule has 0 radical (unpaired) electrons. The topological polar surface area (TPSA) is 41.1 Å². The fourth-order valence-corrected chi connectivity index (χ4v) is 2.79. The normalized spacial score (nSPS) is 19.4. The molecular formula is C16H21N3O. The van der Waals surface area contributed by atoms with E-state index in [4.69, 9.17) is 4.74 Å². The highest BCUT2D eigenvalue weighted by Crippen LogP contribution is 2.21. The highest BCUT2D eigenvalue weighted by Gasteiger charge is 2.20. The molecule has 1 aliphatic heterocycles. The molecule has 1 saturated heterocycles. The number of aromatic nitrogens is 2. The van der Waals surface area contributed by atoms with Crippen molar-refractivity contribution >= 4 is 0 Å². The highest BCUT2D eigenvalue weighted by molar-refractivity contribution is 5.59. The number of likely N-dealkylation sites (tertiary alicyclic amines) is 1. The second-order valence-corrected chi connectivity index (χ2v) is 5.40. The van der Waals surface area contributed by atoms with Crippen molar-refractivity contribution in [2.24, 2.45) is 0 Å². The fourth-order valence-electron chi connectivity index (χ4n) is 2.79. The maximum absolute atomic E-state index is 5.75. The van der Waals surface area contributed by atoms with Gasteiger partial charge in [-0.3, -0.25) is 5.10 Å². The second kappa shape index (κ2) is 6.09. The van der Waals surface area contributed by atoms with Crippen molar-refractivity contribution in [3.8, 4) is 17.1 Å². The maximum atomic E-state index is 5.75. The van der Waals surface area contributed by atoms with Gasteiger partial charge in [-0.15, -0.1) is 5.10 Å². The molecule has 106 valence electrons. The first-order valence-electron chi connectivity index (χ1n) is 7.27. The lowest BCUT2D eigenvalue weighted by Gasteiger charge is -2.18. The van der Waals surface area contributed by atoms with Crippen molar-refractivity contribution in [3.05, 3.63) is 36.4 Å². The SMILES string of the molecule is CN1CCCC1CCOc1cc(-c2ccccc2)[nH]n1. The van der Waals surface area contributed by atoms with Crippen LogP contribution in [0.15, 0.2) is 36.4 Å². The van der Waals surface area contributed by atoms with E-state index in [1.165, 1.54) is 19.4 Å². The van der Waals surface area contributed by atoms with Gasteiger partial charge in [-0.1, -0.05) is 30.3 Å². The molecule has 0 bridgehead atoms. The fraction of sp³-hybridized carbons (Fsp3) is 0.438. The molecule has 3 rings (SSSR count). The Bertz CT molecular complexity index is 538. The van der Waals surface area contributed by atoms with Gasteiger partial charge in [-0.25, -0.2) is 0 Å². The van der Waals surface area contributed by atoms with Crippen LogP contribution in [0.5, 0.6) is 5.88 Å². The zero-order chi connectivity index (χ0) is 13.8. The third kappa shape index (κ3) is 3.02. The first kappa shape index (κ1) is 13.2. The van der Waals surface area contributed by atoms with Gasteiger partial charge in [-0.05, 0) is 38.4 Å². The summed E-state index contributed by atoms with van der Waals surface area (Å²) in [5.41, 5.74) is 2.13. The molecule has 0 amide bonds. The predicted octanol–water partition coefficient (Wildman–Crippen LogP) is 2.94. The average Bonchev–Trinajstić information content (AvgIpc) is 3.10. The largest absolute Gasteiger partial charge is 0.477 e. The number of hydrogen-bond donors (Lipinski definition) is 1. The summed E-state index contributed by atoms with van der Waals surface area (Å²) in [7, 11) is 2.19. The molecule has 20 heavy (non-hydrogen) atoms. The molecule has 1 atom stereocenters. The van der Waals surface area contributed by atoms with Crippen LogP contribution < -0.4 is 4.74 Å². The first-order chi connectivity index (χ1) is 9.83. The van der Waals surface area contributed by atoms with E-state index in [1.54, 1.807) is 0 Å². The minimum atomic E-state index is 0.669. The Morgan fingerprint density at radius 1 is 1.35 bits per heavy atom. The minimum Gasteiger partial charge on any atom is -0.477 e. The summed E-state index contributed by atoms with van der Waals surface area (Å²) < 4.78 is 5.75. The van der Waals surface area contributed by atoms with Crippen LogP contribution in [0.3, 0.4) is 0 Å². The Labute approximate surface area is 119 Å². The summed E-state index contributed by atoms with van der Waals surface area (Å²) in [6, 6.07) is 12.8. The Kier molecular flexibility index (Phi) is 4.02. The van der Waals surface area contributed by atoms with Crippen molar-refractivity contribution in [1.29, 1.82) is 0 Å². The van der Waals surface area contributed by atoms with E-state index in [-0.39, 0.29) is 0 Å². The van der Waals surface area contributed by atoms with Gasteiger partial charge in [0.15, 0.2) is 0 Å². The highest BCUT2D eigenvalue weighted by atomic mass is 16.5. The number of rotatable bonds is 5. The molecule has 0 saturated carbocycles. The molecule has 4 nitrogen and oxygen atoms in total. The summed E-state index contributed by atoms with van der Waals surface area (Å²) in [5.74, 6) is 0.685. The molecule has 2 heterocycles. The van der Waals surface area contributed by atoms with E-state index in [0.29, 0.717) is 11.9 Å². The monoisotopic (exact) mass is 271 g/mol. The molecule has 0 spiro atoms. The van der Waals surface area contributed by atoms with Crippen LogP contribution in [0.2, 0.25) is 0 Å². The molecule has 2 aromatic rings. The minimum absolute atomic E-state index is 0.669. The van der Waals surface area contributed by atoms with E-state index in [1.807, 2.05) is 24.3 Å². The van der Waals surface area contributed by atoms with E-state index in [9.17, 15) is 0 Å². The summed E-state index contributed by atoms with van der Waals surface area (Å²) in [4.78, 5) is 2.42. The number of hydrogen-bond acceptors (Lipinski definition) is 3. The van der Waals surface area contributed by atoms with Crippen LogP contribution in [0.1, 0.15) is 19.3 Å². The van der Waals surface area contributed by atoms with E-state index >= 15 is 0 Å². The van der Waals surface area contributed by atoms with Gasteiger partial charge >= 0.3 is 0 Å². The molecule has 1 unspecified atom stereocenters. The van der Waals surface area contributed by atoms with Crippen LogP contribution in [-0.2, 0) is 0 Å². The lowest BCUT2D eigenvalue weighted by atomic mass is 10.1. The Morgan fingerprint density at radius 3 is 2.95 bits per heavy atom. The Hall–Kier alpha value is -1.81. The third-order valence-corrected chi connectivity index (χ3v) is 4.01. The number of nitrogens with one attached hydrogen (secondary N) is 1. The molecule has 1 N–H and O–H groups in total. The van der Waals surface area contributed by atoms with Crippen molar-refractivity contribution in [1.82, 2.24) is 15.1 Å². The van der Waals surface area contributed by atoms with Gasteiger partial charge in [0.1, 0.15) is 0 Å². The molecular weight excluding hydrogens is 250 g/mol. The quantitative estimate of drug-likeness (QED) is 0.909. The van der Waals surface area contributed by atoms with E-state index in [0.717, 1.165) is 24.3 Å². The van der Waals surface area contributed by atoms with Crippen molar-refractivity contribution in [3.63, 3.8) is 0 Å². The van der Waals surface area contributed by atoms with Crippen LogP contribution in [-0.4, -0.2) is 41.3 Å². The van der Waals surface area contributed by atoms with Crippen LogP contribution in [0.25, 0.3) is 11.3 Å². The zero-order valence-corrected chi connectivity index (χ0v) is 11.9. The lowest BCUT2D eigenvalue weighted by Crippen LogP contribution is -2.26. The lowest BCUT2D eigenvalue weighted by molar-refractivity contribution is 0.228. The molecule has 1 fully saturated rings. The van der Waals surface area contributed by atoms with E-state index < -0.39 is 0 Å². The van der Waals surface area contributed by atoms with Gasteiger partial charge in [0, 0.05) is 12.1 Å². The van der Waals surface area contributed by atoms with Crippen molar-refractivity contribution < 1.29 is 4.74 Å². The second-order valence-electron chi connectivity index (χ2n) is 5.40. The third-order valence-electron chi connectivity index (χ3n) is 4.01. The number of benzene rings is 1. The summed E-state index contributed by atoms with van der Waals surface area (Å²) >= 11 is 0. The first-order valence-corrected chi connectivity index (χ1v) is 7.27. The number of nitrogens with zero attached hydrogens (tertiary/aromatic N) is 2. The number of ether oxygens (including phenoxy) is 1. The molecule has 0 aliphatic carbocycles. The Morgan fingerprint density at radius 2 is 2.20 bits per heavy atom. The van der Waals surface area contributed by atoms with E-state index in [2.05, 4.69) is 34.3 Å². The molecule has 4 heteroatoms. The average molecular weight is 271 g/mol. The molecule has 1 aromatic carbocycles. The standard InChI is InChI=1S/C16H21N3O/c1-19-10-5-8-14(19)9-11-20-16-12-15(17-18-16)13-6-3-2-4-7-13/h2-4,6-7,12,14H,5,8-11H2,1H3,(H,17,18). The van der Waals surface area contributed by atoms with Crippen molar-refractivity contribution in [2.75, 3.05) is 20.2 Å². The summed E-state index contributed by atoms with van der Waals surface area (Å²) in [6.45, 7) is 1.94. The van der Waals surface area contributed by atoms with Gasteiger partial charge in [0.05, 0.1) is 12.3 Å².